The van der Waals surface area contributed by atoms with Gasteiger partial charge in [-0.2, -0.15) is 0 Å². The third-order valence-electron chi connectivity index (χ3n) is 5.09. The summed E-state index contributed by atoms with van der Waals surface area (Å²) >= 11 is 5.96. The molecule has 1 heterocycles. The predicted molar refractivity (Wildman–Crippen MR) is 105 cm³/mol. The number of imidazole rings is 1. The highest BCUT2D eigenvalue weighted by Gasteiger charge is 2.28. The number of halogens is 2. The minimum absolute atomic E-state index is 0.239. The van der Waals surface area contributed by atoms with E-state index in [2.05, 4.69) is 15.2 Å². The molecule has 28 heavy (non-hydrogen) atoms. The van der Waals surface area contributed by atoms with E-state index in [9.17, 15) is 17.6 Å². The Morgan fingerprint density at radius 2 is 1.96 bits per heavy atom. The van der Waals surface area contributed by atoms with E-state index in [1.165, 1.54) is 12.1 Å². The van der Waals surface area contributed by atoms with E-state index in [-0.39, 0.29) is 10.6 Å². The first-order valence-corrected chi connectivity index (χ1v) is 10.9. The molecule has 1 amide bonds. The number of rotatable bonds is 5. The molecule has 3 rings (SSSR count). The number of hydrazine groups is 1. The number of nitrogens with one attached hydrogen (secondary N) is 2. The van der Waals surface area contributed by atoms with Crippen LogP contribution >= 0.6 is 11.6 Å². The van der Waals surface area contributed by atoms with Gasteiger partial charge >= 0.3 is 0 Å². The van der Waals surface area contributed by atoms with Crippen molar-refractivity contribution >= 4 is 27.5 Å². The molecule has 2 N–H and O–H groups in total. The van der Waals surface area contributed by atoms with Gasteiger partial charge in [-0.3, -0.25) is 10.2 Å². The molecule has 1 fully saturated rings. The number of sulfonamides is 1. The molecule has 0 bridgehead atoms. The number of hydrogen-bond acceptors (Lipinski definition) is 4. The van der Waals surface area contributed by atoms with Crippen molar-refractivity contribution in [3.05, 3.63) is 40.6 Å². The average Bonchev–Trinajstić information content (AvgIpc) is 3.01. The van der Waals surface area contributed by atoms with Crippen molar-refractivity contribution in [1.82, 2.24) is 19.8 Å². The molecule has 0 radical (unpaired) electrons. The summed E-state index contributed by atoms with van der Waals surface area (Å²) in [5.41, 5.74) is 2.90. The van der Waals surface area contributed by atoms with Crippen molar-refractivity contribution in [3.8, 4) is 11.3 Å². The molecule has 0 spiro atoms. The van der Waals surface area contributed by atoms with Crippen molar-refractivity contribution in [2.24, 2.45) is 7.05 Å². The Hall–Kier alpha value is -1.97. The van der Waals surface area contributed by atoms with Crippen molar-refractivity contribution in [2.45, 2.75) is 44.3 Å². The molecule has 1 aromatic carbocycles. The van der Waals surface area contributed by atoms with Crippen LogP contribution in [0.25, 0.3) is 11.3 Å². The first-order chi connectivity index (χ1) is 13.2. The summed E-state index contributed by atoms with van der Waals surface area (Å²) in [6.45, 7) is 1.81. The molecule has 1 saturated carbocycles. The Bertz CT molecular complexity index is 1000. The summed E-state index contributed by atoms with van der Waals surface area (Å²) in [6.07, 6.45) is 5.34. The van der Waals surface area contributed by atoms with E-state index >= 15 is 0 Å². The van der Waals surface area contributed by atoms with Gasteiger partial charge < -0.3 is 4.57 Å². The first kappa shape index (κ1) is 20.8. The predicted octanol–water partition coefficient (Wildman–Crippen LogP) is 3.08. The van der Waals surface area contributed by atoms with Crippen LogP contribution in [0.15, 0.2) is 18.3 Å². The van der Waals surface area contributed by atoms with Crippen LogP contribution in [0.4, 0.5) is 4.39 Å². The van der Waals surface area contributed by atoms with Gasteiger partial charge in [-0.25, -0.2) is 17.8 Å². The lowest BCUT2D eigenvalue weighted by molar-refractivity contribution is 0.0941. The maximum absolute atomic E-state index is 14.4. The van der Waals surface area contributed by atoms with E-state index < -0.39 is 27.0 Å². The lowest BCUT2D eigenvalue weighted by Gasteiger charge is -2.22. The SMILES string of the molecule is Cc1ncc(-c2cc(Cl)c(F)c(C(=O)NNS(=O)(=O)C3CCCCC3)c2)n1C. The van der Waals surface area contributed by atoms with Crippen molar-refractivity contribution in [3.63, 3.8) is 0 Å². The summed E-state index contributed by atoms with van der Waals surface area (Å²) in [7, 11) is -1.94. The molecule has 0 saturated heterocycles. The van der Waals surface area contributed by atoms with Gasteiger partial charge in [0.15, 0.2) is 5.82 Å². The summed E-state index contributed by atoms with van der Waals surface area (Å²) in [5.74, 6) is -1.10. The smallest absolute Gasteiger partial charge is 0.269 e. The Morgan fingerprint density at radius 1 is 1.29 bits per heavy atom. The molecule has 1 aliphatic rings. The van der Waals surface area contributed by atoms with Gasteiger partial charge in [0, 0.05) is 12.6 Å². The molecule has 0 atom stereocenters. The minimum Gasteiger partial charge on any atom is -0.331 e. The number of aromatic nitrogens is 2. The highest BCUT2D eigenvalue weighted by Crippen LogP contribution is 2.28. The molecule has 1 aliphatic carbocycles. The summed E-state index contributed by atoms with van der Waals surface area (Å²) in [5, 5.41) is -0.796. The van der Waals surface area contributed by atoms with Gasteiger partial charge in [0.05, 0.1) is 27.7 Å². The quantitative estimate of drug-likeness (QED) is 0.715. The third kappa shape index (κ3) is 4.21. The average molecular weight is 429 g/mol. The number of carbonyl (C=O) groups excluding carboxylic acids is 1. The van der Waals surface area contributed by atoms with Crippen LogP contribution in [-0.4, -0.2) is 29.1 Å². The van der Waals surface area contributed by atoms with Crippen LogP contribution in [-0.2, 0) is 17.1 Å². The minimum atomic E-state index is -3.73. The van der Waals surface area contributed by atoms with Gasteiger partial charge in [0.25, 0.3) is 5.91 Å². The van der Waals surface area contributed by atoms with Gasteiger partial charge in [-0.15, -0.1) is 4.83 Å². The zero-order valence-electron chi connectivity index (χ0n) is 15.6. The van der Waals surface area contributed by atoms with Gasteiger partial charge in [0.2, 0.25) is 10.0 Å². The fourth-order valence-corrected chi connectivity index (χ4v) is 4.89. The summed E-state index contributed by atoms with van der Waals surface area (Å²) in [6, 6.07) is 2.72. The fraction of sp³-hybridized carbons (Fsp3) is 0.444. The molecular formula is C18H22ClFN4O3S. The molecule has 10 heteroatoms. The number of nitrogens with zero attached hydrogens (tertiary/aromatic N) is 2. The third-order valence-corrected chi connectivity index (χ3v) is 7.10. The maximum atomic E-state index is 14.4. The van der Waals surface area contributed by atoms with Crippen LogP contribution in [0, 0.1) is 12.7 Å². The van der Waals surface area contributed by atoms with Gasteiger partial charge in [0.1, 0.15) is 5.82 Å². The molecular weight excluding hydrogens is 407 g/mol. The maximum Gasteiger partial charge on any atom is 0.269 e. The second-order valence-electron chi connectivity index (χ2n) is 6.93. The first-order valence-electron chi connectivity index (χ1n) is 8.99. The molecule has 1 aromatic heterocycles. The van der Waals surface area contributed by atoms with E-state index in [0.29, 0.717) is 24.1 Å². The Kier molecular flexibility index (Phi) is 6.07. The van der Waals surface area contributed by atoms with Gasteiger partial charge in [-0.1, -0.05) is 30.9 Å². The molecule has 2 aromatic rings. The number of amides is 1. The lowest BCUT2D eigenvalue weighted by atomic mass is 10.0. The van der Waals surface area contributed by atoms with E-state index in [1.807, 2.05) is 6.92 Å². The molecule has 7 nitrogen and oxygen atoms in total. The zero-order valence-corrected chi connectivity index (χ0v) is 17.2. The topological polar surface area (TPSA) is 93.1 Å². The standard InChI is InChI=1S/C18H22ClFN4O3S/c1-11-21-10-16(24(11)2)12-8-14(17(20)15(19)9-12)18(25)22-23-28(26,27)13-6-4-3-5-7-13/h8-10,13,23H,3-7H2,1-2H3,(H,22,25). The number of hydrogen-bond donors (Lipinski definition) is 2. The Morgan fingerprint density at radius 3 is 2.57 bits per heavy atom. The van der Waals surface area contributed by atoms with Crippen LogP contribution < -0.4 is 10.3 Å². The van der Waals surface area contributed by atoms with Crippen LogP contribution in [0.3, 0.4) is 0 Å². The van der Waals surface area contributed by atoms with Crippen LogP contribution in [0.5, 0.6) is 0 Å². The highest BCUT2D eigenvalue weighted by atomic mass is 35.5. The summed E-state index contributed by atoms with van der Waals surface area (Å²) in [4.78, 5) is 18.7. The number of benzene rings is 1. The zero-order chi connectivity index (χ0) is 20.5. The largest absolute Gasteiger partial charge is 0.331 e. The van der Waals surface area contributed by atoms with E-state index in [0.717, 1.165) is 25.1 Å². The Balaban J connectivity index is 1.82. The second-order valence-corrected chi connectivity index (χ2v) is 9.30. The second kappa shape index (κ2) is 8.18. The fourth-order valence-electron chi connectivity index (χ4n) is 3.32. The lowest BCUT2D eigenvalue weighted by Crippen LogP contribution is -2.46. The summed E-state index contributed by atoms with van der Waals surface area (Å²) < 4.78 is 40.9. The van der Waals surface area contributed by atoms with Crippen molar-refractivity contribution < 1.29 is 17.6 Å². The molecule has 152 valence electrons. The number of aryl methyl sites for hydroxylation is 1. The van der Waals surface area contributed by atoms with Gasteiger partial charge in [-0.05, 0) is 31.9 Å². The highest BCUT2D eigenvalue weighted by molar-refractivity contribution is 7.90. The van der Waals surface area contributed by atoms with Crippen LogP contribution in [0.2, 0.25) is 5.02 Å². The normalized spacial score (nSPS) is 15.6. The monoisotopic (exact) mass is 428 g/mol. The number of carbonyl (C=O) groups is 1. The molecule has 0 unspecified atom stereocenters. The van der Waals surface area contributed by atoms with Crippen molar-refractivity contribution in [2.75, 3.05) is 0 Å². The Labute approximate surface area is 168 Å². The van der Waals surface area contributed by atoms with Crippen molar-refractivity contribution in [1.29, 1.82) is 0 Å². The van der Waals surface area contributed by atoms with E-state index in [1.54, 1.807) is 17.8 Å². The molecule has 0 aliphatic heterocycles. The van der Waals surface area contributed by atoms with Crippen LogP contribution in [0.1, 0.15) is 48.3 Å². The van der Waals surface area contributed by atoms with E-state index in [4.69, 9.17) is 11.6 Å².